The summed E-state index contributed by atoms with van der Waals surface area (Å²) in [6, 6.07) is 14.1. The van der Waals surface area contributed by atoms with Crippen LogP contribution in [0.2, 0.25) is 0 Å². The van der Waals surface area contributed by atoms with Crippen LogP contribution in [-0.2, 0) is 16.1 Å². The van der Waals surface area contributed by atoms with Crippen LogP contribution >= 0.6 is 0 Å². The van der Waals surface area contributed by atoms with Crippen LogP contribution in [0.5, 0.6) is 5.75 Å². The molecule has 23 heavy (non-hydrogen) atoms. The molecule has 0 saturated heterocycles. The summed E-state index contributed by atoms with van der Waals surface area (Å²) >= 11 is 0. The Balaban J connectivity index is 1.91. The van der Waals surface area contributed by atoms with E-state index in [0.29, 0.717) is 23.7 Å². The number of hydrogen-bond acceptors (Lipinski definition) is 6. The first-order valence-electron chi connectivity index (χ1n) is 7.21. The second-order valence-electron chi connectivity index (χ2n) is 4.61. The van der Waals surface area contributed by atoms with Gasteiger partial charge in [0.25, 0.3) is 0 Å². The fourth-order valence-electron chi connectivity index (χ4n) is 1.74. The van der Waals surface area contributed by atoms with Gasteiger partial charge in [0.05, 0.1) is 24.6 Å². The first-order chi connectivity index (χ1) is 11.2. The monoisotopic (exact) mass is 314 g/mol. The lowest BCUT2D eigenvalue weighted by Gasteiger charge is -2.05. The van der Waals surface area contributed by atoms with E-state index in [4.69, 9.17) is 14.6 Å². The number of hydrogen-bond donors (Lipinski definition) is 1. The molecule has 0 aliphatic heterocycles. The molecular formula is C17H18N2O4. The Kier molecular flexibility index (Phi) is 6.26. The molecule has 6 heteroatoms. The van der Waals surface area contributed by atoms with Gasteiger partial charge in [-0.25, -0.2) is 4.79 Å². The SMILES string of the molecule is CCOC(=O)COc1ccc(N=Nc2ccc(CO)cc2)cc1. The summed E-state index contributed by atoms with van der Waals surface area (Å²) in [6.07, 6.45) is 0. The number of esters is 1. The Labute approximate surface area is 134 Å². The molecule has 0 amide bonds. The van der Waals surface area contributed by atoms with Gasteiger partial charge in [0.15, 0.2) is 6.61 Å². The lowest BCUT2D eigenvalue weighted by Crippen LogP contribution is -2.14. The Hall–Kier alpha value is -2.73. The highest BCUT2D eigenvalue weighted by Gasteiger charge is 2.02. The maximum Gasteiger partial charge on any atom is 0.344 e. The minimum Gasteiger partial charge on any atom is -0.482 e. The zero-order valence-corrected chi connectivity index (χ0v) is 12.8. The van der Waals surface area contributed by atoms with Crippen molar-refractivity contribution in [1.29, 1.82) is 0 Å². The van der Waals surface area contributed by atoms with Crippen molar-refractivity contribution in [3.05, 3.63) is 54.1 Å². The summed E-state index contributed by atoms with van der Waals surface area (Å²) in [5.74, 6) is 0.159. The highest BCUT2D eigenvalue weighted by molar-refractivity contribution is 5.71. The van der Waals surface area contributed by atoms with E-state index in [1.54, 1.807) is 55.5 Å². The summed E-state index contributed by atoms with van der Waals surface area (Å²) in [5, 5.41) is 17.2. The van der Waals surface area contributed by atoms with Crippen LogP contribution in [0.25, 0.3) is 0 Å². The van der Waals surface area contributed by atoms with Gasteiger partial charge in [0, 0.05) is 0 Å². The smallest absolute Gasteiger partial charge is 0.344 e. The van der Waals surface area contributed by atoms with Crippen molar-refractivity contribution in [2.45, 2.75) is 13.5 Å². The molecule has 0 spiro atoms. The number of carbonyl (C=O) groups is 1. The standard InChI is InChI=1S/C17H18N2O4/c1-2-22-17(21)12-23-16-9-7-15(8-10-16)19-18-14-5-3-13(11-20)4-6-14/h3-10,20H,2,11-12H2,1H3. The lowest BCUT2D eigenvalue weighted by molar-refractivity contribution is -0.145. The summed E-state index contributed by atoms with van der Waals surface area (Å²) in [4.78, 5) is 11.2. The molecular weight excluding hydrogens is 296 g/mol. The summed E-state index contributed by atoms with van der Waals surface area (Å²) in [6.45, 7) is 1.96. The van der Waals surface area contributed by atoms with Gasteiger partial charge in [-0.2, -0.15) is 10.2 Å². The van der Waals surface area contributed by atoms with Gasteiger partial charge in [0.2, 0.25) is 0 Å². The number of aliphatic hydroxyl groups excluding tert-OH is 1. The first kappa shape index (κ1) is 16.6. The average Bonchev–Trinajstić information content (AvgIpc) is 2.60. The minimum absolute atomic E-state index is 0.00465. The number of azo groups is 1. The van der Waals surface area contributed by atoms with Gasteiger partial charge >= 0.3 is 5.97 Å². The third kappa shape index (κ3) is 5.52. The van der Waals surface area contributed by atoms with Crippen molar-refractivity contribution in [3.8, 4) is 5.75 Å². The van der Waals surface area contributed by atoms with Gasteiger partial charge in [-0.3, -0.25) is 0 Å². The van der Waals surface area contributed by atoms with E-state index in [9.17, 15) is 4.79 Å². The third-order valence-electron chi connectivity index (χ3n) is 2.90. The number of nitrogens with zero attached hydrogens (tertiary/aromatic N) is 2. The fourth-order valence-corrected chi connectivity index (χ4v) is 1.74. The van der Waals surface area contributed by atoms with E-state index >= 15 is 0 Å². The molecule has 6 nitrogen and oxygen atoms in total. The van der Waals surface area contributed by atoms with E-state index in [0.717, 1.165) is 5.56 Å². The largest absolute Gasteiger partial charge is 0.482 e. The van der Waals surface area contributed by atoms with Gasteiger partial charge in [-0.15, -0.1) is 0 Å². The molecule has 0 saturated carbocycles. The number of ether oxygens (including phenoxy) is 2. The summed E-state index contributed by atoms with van der Waals surface area (Å²) in [5.41, 5.74) is 2.19. The zero-order chi connectivity index (χ0) is 16.5. The molecule has 2 rings (SSSR count). The molecule has 0 bridgehead atoms. The molecule has 2 aromatic rings. The molecule has 0 aliphatic carbocycles. The van der Waals surface area contributed by atoms with E-state index < -0.39 is 5.97 Å². The van der Waals surface area contributed by atoms with Crippen molar-refractivity contribution in [2.75, 3.05) is 13.2 Å². The molecule has 0 atom stereocenters. The van der Waals surface area contributed by atoms with Crippen molar-refractivity contribution in [2.24, 2.45) is 10.2 Å². The predicted molar refractivity (Wildman–Crippen MR) is 85.1 cm³/mol. The molecule has 0 fully saturated rings. The molecule has 0 aliphatic rings. The molecule has 0 unspecified atom stereocenters. The van der Waals surface area contributed by atoms with Gasteiger partial charge in [-0.05, 0) is 48.9 Å². The third-order valence-corrected chi connectivity index (χ3v) is 2.90. The fraction of sp³-hybridized carbons (Fsp3) is 0.235. The second-order valence-corrected chi connectivity index (χ2v) is 4.61. The Morgan fingerprint density at radius 1 is 1.00 bits per heavy atom. The van der Waals surface area contributed by atoms with Gasteiger partial charge in [0.1, 0.15) is 5.75 Å². The van der Waals surface area contributed by atoms with Gasteiger partial charge < -0.3 is 14.6 Å². The zero-order valence-electron chi connectivity index (χ0n) is 12.8. The topological polar surface area (TPSA) is 80.5 Å². The van der Waals surface area contributed by atoms with Crippen molar-refractivity contribution in [3.63, 3.8) is 0 Å². The van der Waals surface area contributed by atoms with E-state index in [1.807, 2.05) is 0 Å². The number of carbonyl (C=O) groups excluding carboxylic acids is 1. The number of aliphatic hydroxyl groups is 1. The van der Waals surface area contributed by atoms with E-state index in [-0.39, 0.29) is 13.2 Å². The predicted octanol–water partition coefficient (Wildman–Crippen LogP) is 3.54. The van der Waals surface area contributed by atoms with Crippen LogP contribution < -0.4 is 4.74 Å². The lowest BCUT2D eigenvalue weighted by atomic mass is 10.2. The normalized spacial score (nSPS) is 10.7. The number of rotatable bonds is 7. The highest BCUT2D eigenvalue weighted by Crippen LogP contribution is 2.21. The quantitative estimate of drug-likeness (QED) is 0.626. The molecule has 0 radical (unpaired) electrons. The molecule has 0 heterocycles. The maximum absolute atomic E-state index is 11.2. The highest BCUT2D eigenvalue weighted by atomic mass is 16.6. The Bertz CT molecular complexity index is 651. The Morgan fingerprint density at radius 2 is 1.57 bits per heavy atom. The number of benzene rings is 2. The van der Waals surface area contributed by atoms with Crippen molar-refractivity contribution >= 4 is 17.3 Å². The van der Waals surface area contributed by atoms with Crippen LogP contribution in [0.3, 0.4) is 0 Å². The van der Waals surface area contributed by atoms with Crippen LogP contribution in [0.15, 0.2) is 58.8 Å². The molecule has 2 aromatic carbocycles. The van der Waals surface area contributed by atoms with Crippen molar-refractivity contribution < 1.29 is 19.4 Å². The Morgan fingerprint density at radius 3 is 2.09 bits per heavy atom. The maximum atomic E-state index is 11.2. The molecule has 1 N–H and O–H groups in total. The molecule has 120 valence electrons. The van der Waals surface area contributed by atoms with E-state index in [2.05, 4.69) is 10.2 Å². The van der Waals surface area contributed by atoms with Crippen LogP contribution in [0.4, 0.5) is 11.4 Å². The van der Waals surface area contributed by atoms with E-state index in [1.165, 1.54) is 0 Å². The van der Waals surface area contributed by atoms with Crippen molar-refractivity contribution in [1.82, 2.24) is 0 Å². The second kappa shape index (κ2) is 8.65. The van der Waals surface area contributed by atoms with Crippen LogP contribution in [0.1, 0.15) is 12.5 Å². The van der Waals surface area contributed by atoms with Gasteiger partial charge in [-0.1, -0.05) is 12.1 Å². The summed E-state index contributed by atoms with van der Waals surface area (Å²) < 4.78 is 10.1. The summed E-state index contributed by atoms with van der Waals surface area (Å²) in [7, 11) is 0. The average molecular weight is 314 g/mol. The molecule has 0 aromatic heterocycles. The van der Waals surface area contributed by atoms with Crippen LogP contribution in [0, 0.1) is 0 Å². The van der Waals surface area contributed by atoms with Crippen LogP contribution in [-0.4, -0.2) is 24.3 Å². The first-order valence-corrected chi connectivity index (χ1v) is 7.21. The minimum atomic E-state index is -0.400.